The van der Waals surface area contributed by atoms with Crippen LogP contribution in [0, 0.1) is 12.7 Å². The van der Waals surface area contributed by atoms with Gasteiger partial charge in [-0.3, -0.25) is 0 Å². The minimum Gasteiger partial charge on any atom is -0.392 e. The van der Waals surface area contributed by atoms with Crippen LogP contribution in [0.5, 0.6) is 0 Å². The number of benzene rings is 2. The molecular weight excluding hydrogens is 310 g/mol. The Morgan fingerprint density at radius 1 is 1.00 bits per heavy atom. The molecule has 2 nitrogen and oxygen atoms in total. The summed E-state index contributed by atoms with van der Waals surface area (Å²) in [6.45, 7) is 2.03. The molecule has 0 fully saturated rings. The van der Waals surface area contributed by atoms with E-state index in [1.54, 1.807) is 13.0 Å². The lowest BCUT2D eigenvalue weighted by Gasteiger charge is -2.12. The second-order valence-electron chi connectivity index (χ2n) is 5.33. The maximum absolute atomic E-state index is 13.5. The van der Waals surface area contributed by atoms with E-state index in [-0.39, 0.29) is 12.2 Å². The van der Waals surface area contributed by atoms with E-state index in [0.29, 0.717) is 24.2 Å². The number of aryl methyl sites for hydroxylation is 1. The highest BCUT2D eigenvalue weighted by Gasteiger charge is 2.30. The Morgan fingerprint density at radius 2 is 1.70 bits per heavy atom. The SMILES string of the molecule is Cc1cc(C(F)(F)F)ccc1CNCc1ccc(CO)c(F)c1. The quantitative estimate of drug-likeness (QED) is 0.816. The molecule has 0 radical (unpaired) electrons. The fourth-order valence-corrected chi connectivity index (χ4v) is 2.24. The summed E-state index contributed by atoms with van der Waals surface area (Å²) in [5.41, 5.74) is 1.57. The maximum atomic E-state index is 13.5. The maximum Gasteiger partial charge on any atom is 0.416 e. The molecule has 0 bridgehead atoms. The minimum atomic E-state index is -4.34. The number of hydrogen-bond acceptors (Lipinski definition) is 2. The monoisotopic (exact) mass is 327 g/mol. The third-order valence-electron chi connectivity index (χ3n) is 3.60. The van der Waals surface area contributed by atoms with Gasteiger partial charge in [0.25, 0.3) is 0 Å². The van der Waals surface area contributed by atoms with Crippen LogP contribution in [-0.4, -0.2) is 5.11 Å². The van der Waals surface area contributed by atoms with Crippen LogP contribution in [0.4, 0.5) is 17.6 Å². The normalized spacial score (nSPS) is 11.7. The smallest absolute Gasteiger partial charge is 0.392 e. The van der Waals surface area contributed by atoms with E-state index in [4.69, 9.17) is 5.11 Å². The molecule has 0 saturated heterocycles. The summed E-state index contributed by atoms with van der Waals surface area (Å²) < 4.78 is 51.3. The predicted octanol–water partition coefficient (Wildman–Crippen LogP) is 3.94. The van der Waals surface area contributed by atoms with Crippen molar-refractivity contribution in [3.8, 4) is 0 Å². The van der Waals surface area contributed by atoms with Gasteiger partial charge in [-0.05, 0) is 41.8 Å². The van der Waals surface area contributed by atoms with E-state index >= 15 is 0 Å². The van der Waals surface area contributed by atoms with Crippen molar-refractivity contribution in [3.05, 3.63) is 70.0 Å². The highest BCUT2D eigenvalue weighted by atomic mass is 19.4. The van der Waals surface area contributed by atoms with E-state index in [9.17, 15) is 17.6 Å². The first kappa shape index (κ1) is 17.4. The van der Waals surface area contributed by atoms with Crippen LogP contribution in [0.25, 0.3) is 0 Å². The van der Waals surface area contributed by atoms with Crippen LogP contribution in [0.2, 0.25) is 0 Å². The van der Waals surface area contributed by atoms with Gasteiger partial charge in [0.1, 0.15) is 5.82 Å². The summed E-state index contributed by atoms with van der Waals surface area (Å²) in [6.07, 6.45) is -4.34. The second-order valence-corrected chi connectivity index (χ2v) is 5.33. The number of halogens is 4. The largest absolute Gasteiger partial charge is 0.416 e. The Labute approximate surface area is 131 Å². The van der Waals surface area contributed by atoms with Gasteiger partial charge in [0.2, 0.25) is 0 Å². The zero-order valence-corrected chi connectivity index (χ0v) is 12.5. The van der Waals surface area contributed by atoms with Gasteiger partial charge >= 0.3 is 6.18 Å². The number of hydrogen-bond donors (Lipinski definition) is 2. The number of aliphatic hydroxyl groups is 1. The van der Waals surface area contributed by atoms with Gasteiger partial charge in [0, 0.05) is 18.7 Å². The average Bonchev–Trinajstić information content (AvgIpc) is 2.48. The number of aliphatic hydroxyl groups excluding tert-OH is 1. The molecule has 0 heterocycles. The van der Waals surface area contributed by atoms with Crippen molar-refractivity contribution >= 4 is 0 Å². The fourth-order valence-electron chi connectivity index (χ4n) is 2.24. The molecule has 0 saturated carbocycles. The molecule has 0 aromatic heterocycles. The van der Waals surface area contributed by atoms with Crippen molar-refractivity contribution < 1.29 is 22.7 Å². The topological polar surface area (TPSA) is 32.3 Å². The lowest BCUT2D eigenvalue weighted by atomic mass is 10.0. The average molecular weight is 327 g/mol. The minimum absolute atomic E-state index is 0.229. The molecule has 2 aromatic rings. The molecule has 2 rings (SSSR count). The predicted molar refractivity (Wildman–Crippen MR) is 79.0 cm³/mol. The van der Waals surface area contributed by atoms with Gasteiger partial charge in [-0.25, -0.2) is 4.39 Å². The summed E-state index contributed by atoms with van der Waals surface area (Å²) >= 11 is 0. The highest BCUT2D eigenvalue weighted by molar-refractivity contribution is 5.32. The van der Waals surface area contributed by atoms with Crippen molar-refractivity contribution in [1.82, 2.24) is 5.32 Å². The van der Waals surface area contributed by atoms with Crippen molar-refractivity contribution in [3.63, 3.8) is 0 Å². The van der Waals surface area contributed by atoms with Crippen molar-refractivity contribution in [2.75, 3.05) is 0 Å². The first-order valence-corrected chi connectivity index (χ1v) is 7.07. The van der Waals surface area contributed by atoms with E-state index in [1.165, 1.54) is 18.2 Å². The number of nitrogens with one attached hydrogen (secondary N) is 1. The Morgan fingerprint density at radius 3 is 2.26 bits per heavy atom. The third-order valence-corrected chi connectivity index (χ3v) is 3.60. The summed E-state index contributed by atoms with van der Waals surface area (Å²) in [5.74, 6) is -0.475. The molecule has 23 heavy (non-hydrogen) atoms. The van der Waals surface area contributed by atoms with Crippen molar-refractivity contribution in [2.45, 2.75) is 32.8 Å². The van der Waals surface area contributed by atoms with Crippen molar-refractivity contribution in [2.24, 2.45) is 0 Å². The molecule has 0 aliphatic heterocycles. The molecule has 6 heteroatoms. The molecule has 0 aliphatic rings. The van der Waals surface area contributed by atoms with Gasteiger partial charge in [0.05, 0.1) is 12.2 Å². The Hall–Kier alpha value is -1.92. The summed E-state index contributed by atoms with van der Waals surface area (Å²) in [5, 5.41) is 12.0. The lowest BCUT2D eigenvalue weighted by Crippen LogP contribution is -2.14. The highest BCUT2D eigenvalue weighted by Crippen LogP contribution is 2.30. The number of rotatable bonds is 5. The fraction of sp³-hybridized carbons (Fsp3) is 0.294. The molecule has 0 amide bonds. The zero-order valence-electron chi connectivity index (χ0n) is 12.5. The summed E-state index contributed by atoms with van der Waals surface area (Å²) in [4.78, 5) is 0. The first-order valence-electron chi connectivity index (χ1n) is 7.07. The van der Waals surface area contributed by atoms with Gasteiger partial charge in [0.15, 0.2) is 0 Å². The zero-order chi connectivity index (χ0) is 17.0. The Balaban J connectivity index is 1.98. The molecule has 0 spiro atoms. The van der Waals surface area contributed by atoms with Gasteiger partial charge in [-0.1, -0.05) is 18.2 Å². The van der Waals surface area contributed by atoms with E-state index in [2.05, 4.69) is 5.32 Å². The van der Waals surface area contributed by atoms with E-state index in [0.717, 1.165) is 17.7 Å². The van der Waals surface area contributed by atoms with Crippen LogP contribution in [0.1, 0.15) is 27.8 Å². The molecule has 2 aromatic carbocycles. The third kappa shape index (κ3) is 4.53. The van der Waals surface area contributed by atoms with E-state index < -0.39 is 17.6 Å². The molecule has 2 N–H and O–H groups in total. The molecular formula is C17H17F4NO. The second kappa shape index (κ2) is 7.10. The molecule has 0 unspecified atom stereocenters. The first-order chi connectivity index (χ1) is 10.8. The standard InChI is InChI=1S/C17H17F4NO/c1-11-6-15(17(19,20)21)5-4-13(11)9-22-8-12-2-3-14(10-23)16(18)7-12/h2-7,22-23H,8-10H2,1H3. The molecule has 0 aliphatic carbocycles. The lowest BCUT2D eigenvalue weighted by molar-refractivity contribution is -0.137. The van der Waals surface area contributed by atoms with Crippen LogP contribution >= 0.6 is 0 Å². The van der Waals surface area contributed by atoms with Gasteiger partial charge in [-0.2, -0.15) is 13.2 Å². The molecule has 0 atom stereocenters. The van der Waals surface area contributed by atoms with Gasteiger partial charge in [-0.15, -0.1) is 0 Å². The van der Waals surface area contributed by atoms with Crippen LogP contribution in [-0.2, 0) is 25.9 Å². The Bertz CT molecular complexity index is 683. The van der Waals surface area contributed by atoms with Gasteiger partial charge < -0.3 is 10.4 Å². The van der Waals surface area contributed by atoms with E-state index in [1.807, 2.05) is 0 Å². The molecule has 124 valence electrons. The number of alkyl halides is 3. The van der Waals surface area contributed by atoms with Crippen LogP contribution in [0.3, 0.4) is 0 Å². The van der Waals surface area contributed by atoms with Crippen LogP contribution < -0.4 is 5.32 Å². The Kier molecular flexibility index (Phi) is 5.38. The summed E-state index contributed by atoms with van der Waals surface area (Å²) in [7, 11) is 0. The van der Waals surface area contributed by atoms with Crippen molar-refractivity contribution in [1.29, 1.82) is 0 Å². The summed E-state index contributed by atoms with van der Waals surface area (Å²) in [6, 6.07) is 8.15. The van der Waals surface area contributed by atoms with Crippen LogP contribution in [0.15, 0.2) is 36.4 Å².